The zero-order valence-electron chi connectivity index (χ0n) is 11.1. The zero-order chi connectivity index (χ0) is 13.4. The lowest BCUT2D eigenvalue weighted by Crippen LogP contribution is -2.33. The van der Waals surface area contributed by atoms with Crippen LogP contribution in [-0.4, -0.2) is 48.8 Å². The van der Waals surface area contributed by atoms with E-state index in [1.807, 2.05) is 35.2 Å². The number of carbonyl (C=O) groups is 1. The quantitative estimate of drug-likeness (QED) is 0.742. The third-order valence-electron chi connectivity index (χ3n) is 3.72. The molecule has 0 saturated carbocycles. The van der Waals surface area contributed by atoms with Crippen molar-refractivity contribution in [1.82, 2.24) is 5.01 Å². The molecule has 0 N–H and O–H groups in total. The fraction of sp³-hybridized carbons (Fsp3) is 0.429. The summed E-state index contributed by atoms with van der Waals surface area (Å²) in [4.78, 5) is 12.1. The first kappa shape index (κ1) is 12.2. The van der Waals surface area contributed by atoms with Crippen LogP contribution in [0, 0.1) is 5.92 Å². The molecule has 0 radical (unpaired) electrons. The molecule has 5 heteroatoms. The molecule has 1 amide bonds. The largest absolute Gasteiger partial charge is 0.496 e. The van der Waals surface area contributed by atoms with Gasteiger partial charge in [-0.1, -0.05) is 16.8 Å². The maximum atomic E-state index is 12.1. The van der Waals surface area contributed by atoms with Crippen LogP contribution >= 0.6 is 0 Å². The molecule has 5 nitrogen and oxygen atoms in total. The van der Waals surface area contributed by atoms with Gasteiger partial charge in [0.15, 0.2) is 0 Å². The molecule has 2 fully saturated rings. The highest BCUT2D eigenvalue weighted by Crippen LogP contribution is 2.30. The van der Waals surface area contributed by atoms with E-state index in [9.17, 15) is 4.79 Å². The number of nitrogens with zero attached hydrogens (tertiary/aromatic N) is 2. The number of rotatable bonds is 2. The molecule has 0 spiro atoms. The van der Waals surface area contributed by atoms with E-state index >= 15 is 0 Å². The molecule has 3 rings (SSSR count). The summed E-state index contributed by atoms with van der Waals surface area (Å²) in [6.07, 6.45) is 2.53. The predicted octanol–water partition coefficient (Wildman–Crippen LogP) is 0.876. The first-order valence-corrected chi connectivity index (χ1v) is 6.37. The average molecular weight is 261 g/mol. The highest BCUT2D eigenvalue weighted by Gasteiger charge is 2.53. The first-order valence-electron chi connectivity index (χ1n) is 6.37. The summed E-state index contributed by atoms with van der Waals surface area (Å²) >= 11 is 0. The van der Waals surface area contributed by atoms with Gasteiger partial charge in [0, 0.05) is 0 Å². The van der Waals surface area contributed by atoms with Crippen molar-refractivity contribution in [1.29, 1.82) is 0 Å². The molecular weight excluding hydrogens is 244 g/mol. The summed E-state index contributed by atoms with van der Waals surface area (Å²) in [5.41, 5.74) is 0.931. The number of hydrogen-bond donors (Lipinski definition) is 0. The highest BCUT2D eigenvalue weighted by atomic mass is 16.5. The van der Waals surface area contributed by atoms with Crippen LogP contribution in [0.15, 0.2) is 24.3 Å². The average Bonchev–Trinajstić information content (AvgIpc) is 2.99. The fourth-order valence-corrected chi connectivity index (χ4v) is 2.68. The van der Waals surface area contributed by atoms with Crippen LogP contribution < -0.4 is 4.74 Å². The van der Waals surface area contributed by atoms with E-state index in [0.29, 0.717) is 6.61 Å². The summed E-state index contributed by atoms with van der Waals surface area (Å²) in [6.45, 7) is 0.644. The number of fused-ring (bicyclic) bond motifs is 1. The Bertz CT molecular complexity index is 541. The smallest absolute Gasteiger partial charge is 0.298 e. The number of hydrazine groups is 1. The number of benzene rings is 1. The Kier molecular flexibility index (Phi) is 2.98. The molecule has 1 aromatic carbocycles. The number of methoxy groups -OCH3 is 1. The Morgan fingerprint density at radius 2 is 2.26 bits per heavy atom. The molecule has 0 bridgehead atoms. The van der Waals surface area contributed by atoms with Crippen LogP contribution in [0.5, 0.6) is 5.75 Å². The van der Waals surface area contributed by atoms with Crippen molar-refractivity contribution in [2.24, 2.45) is 5.92 Å². The van der Waals surface area contributed by atoms with Gasteiger partial charge in [0.1, 0.15) is 11.7 Å². The molecule has 2 aliphatic rings. The third-order valence-corrected chi connectivity index (χ3v) is 3.72. The Labute approximate surface area is 112 Å². The molecule has 1 aromatic rings. The maximum absolute atomic E-state index is 12.1. The lowest BCUT2D eigenvalue weighted by molar-refractivity contribution is -0.705. The fourth-order valence-electron chi connectivity index (χ4n) is 2.68. The number of amides is 1. The van der Waals surface area contributed by atoms with Crippen molar-refractivity contribution in [2.75, 3.05) is 20.8 Å². The topological polar surface area (TPSA) is 41.8 Å². The maximum Gasteiger partial charge on any atom is 0.298 e. The van der Waals surface area contributed by atoms with E-state index < -0.39 is 0 Å². The molecule has 100 valence electrons. The number of ether oxygens (including phenoxy) is 2. The Morgan fingerprint density at radius 1 is 1.47 bits per heavy atom. The van der Waals surface area contributed by atoms with Gasteiger partial charge in [-0.05, 0) is 18.6 Å². The van der Waals surface area contributed by atoms with Crippen LogP contribution in [0.4, 0.5) is 0 Å². The van der Waals surface area contributed by atoms with Crippen molar-refractivity contribution in [3.8, 4) is 5.75 Å². The minimum Gasteiger partial charge on any atom is -0.496 e. The minimum atomic E-state index is -0.178. The molecular formula is C14H17N2O3+. The standard InChI is InChI=1S/C14H17N2O3/c1-15-13(17)11-7-8-19-14(11)16(15)9-10-5-3-4-6-12(10)18-2/h3-6,9,11,14H,7-8H2,1-2H3/q+1/b16-9-/t11?,14-/m1/s1. The van der Waals surface area contributed by atoms with Crippen molar-refractivity contribution >= 4 is 12.1 Å². The molecule has 2 atom stereocenters. The highest BCUT2D eigenvalue weighted by molar-refractivity contribution is 5.83. The molecule has 2 heterocycles. The first-order chi connectivity index (χ1) is 9.22. The van der Waals surface area contributed by atoms with Crippen molar-refractivity contribution < 1.29 is 19.0 Å². The van der Waals surface area contributed by atoms with E-state index in [0.717, 1.165) is 17.7 Å². The summed E-state index contributed by atoms with van der Waals surface area (Å²) in [5.74, 6) is 0.856. The van der Waals surface area contributed by atoms with Gasteiger partial charge in [-0.25, -0.2) is 0 Å². The lowest BCUT2D eigenvalue weighted by atomic mass is 10.1. The SMILES string of the molecule is COc1ccccc1/C=[N+]1/[C@@H]2OCCC2C(=O)N1C. The molecule has 2 aliphatic heterocycles. The second-order valence-electron chi connectivity index (χ2n) is 4.77. The molecule has 1 unspecified atom stereocenters. The lowest BCUT2D eigenvalue weighted by Gasteiger charge is -2.09. The number of hydrogen-bond acceptors (Lipinski definition) is 3. The number of para-hydroxylation sites is 1. The van der Waals surface area contributed by atoms with Gasteiger partial charge in [-0.3, -0.25) is 4.79 Å². The Morgan fingerprint density at radius 3 is 3.05 bits per heavy atom. The molecule has 0 aromatic heterocycles. The molecule has 0 aliphatic carbocycles. The van der Waals surface area contributed by atoms with Gasteiger partial charge >= 0.3 is 0 Å². The zero-order valence-corrected chi connectivity index (χ0v) is 11.1. The van der Waals surface area contributed by atoms with Gasteiger partial charge in [-0.2, -0.15) is 0 Å². The molecule has 19 heavy (non-hydrogen) atoms. The summed E-state index contributed by atoms with van der Waals surface area (Å²) in [6, 6.07) is 7.72. The van der Waals surface area contributed by atoms with Crippen LogP contribution in [0.3, 0.4) is 0 Å². The van der Waals surface area contributed by atoms with E-state index in [-0.39, 0.29) is 18.1 Å². The van der Waals surface area contributed by atoms with Crippen LogP contribution in [0.2, 0.25) is 0 Å². The second kappa shape index (κ2) is 4.66. The Balaban J connectivity index is 2.00. The van der Waals surface area contributed by atoms with E-state index in [1.165, 1.54) is 0 Å². The number of carbonyl (C=O) groups excluding carboxylic acids is 1. The third kappa shape index (κ3) is 1.90. The predicted molar refractivity (Wildman–Crippen MR) is 69.0 cm³/mol. The van der Waals surface area contributed by atoms with Crippen molar-refractivity contribution in [3.63, 3.8) is 0 Å². The summed E-state index contributed by atoms with van der Waals surface area (Å²) in [5, 5.41) is 1.63. The van der Waals surface area contributed by atoms with E-state index in [2.05, 4.69) is 0 Å². The van der Waals surface area contributed by atoms with Gasteiger partial charge in [0.2, 0.25) is 6.21 Å². The normalized spacial score (nSPS) is 28.0. The van der Waals surface area contributed by atoms with Crippen molar-refractivity contribution in [3.05, 3.63) is 29.8 Å². The van der Waals surface area contributed by atoms with Gasteiger partial charge < -0.3 is 9.47 Å². The summed E-state index contributed by atoms with van der Waals surface area (Å²) in [7, 11) is 3.41. The van der Waals surface area contributed by atoms with Crippen LogP contribution in [0.1, 0.15) is 12.0 Å². The van der Waals surface area contributed by atoms with Gasteiger partial charge in [0.05, 0.1) is 26.3 Å². The van der Waals surface area contributed by atoms with Crippen LogP contribution in [-0.2, 0) is 9.53 Å². The Hall–Kier alpha value is -1.88. The van der Waals surface area contributed by atoms with Gasteiger partial charge in [0.25, 0.3) is 12.1 Å². The van der Waals surface area contributed by atoms with Gasteiger partial charge in [-0.15, -0.1) is 5.01 Å². The minimum absolute atomic E-state index is 0.0454. The molecule has 2 saturated heterocycles. The van der Waals surface area contributed by atoms with Crippen LogP contribution in [0.25, 0.3) is 0 Å². The van der Waals surface area contributed by atoms with Crippen molar-refractivity contribution in [2.45, 2.75) is 12.6 Å². The van der Waals surface area contributed by atoms with E-state index in [4.69, 9.17) is 9.47 Å². The van der Waals surface area contributed by atoms with E-state index in [1.54, 1.807) is 19.2 Å². The number of hydrazone groups is 1. The summed E-state index contributed by atoms with van der Waals surface area (Å²) < 4.78 is 12.9. The monoisotopic (exact) mass is 261 g/mol. The second-order valence-corrected chi connectivity index (χ2v) is 4.77.